The Kier molecular flexibility index (Phi) is 4.87. The number of halogens is 1. The molecule has 0 bridgehead atoms. The Morgan fingerprint density at radius 1 is 1.33 bits per heavy atom. The number of rotatable bonds is 3. The standard InChI is InChI=1S/C18H17BrN2O2S/c1-18(21-17(24)20-11-22)10-16(12-5-3-2-4-6-12)23-15-8-7-13(19)9-14(15)18/h2-9,11,16H,10H2,1H3,(H2,20,21,22,24). The highest BCUT2D eigenvalue weighted by Gasteiger charge is 2.39. The molecule has 2 aromatic carbocycles. The second-order valence-electron chi connectivity index (χ2n) is 5.91. The highest BCUT2D eigenvalue weighted by atomic mass is 79.9. The Balaban J connectivity index is 2.00. The van der Waals surface area contributed by atoms with Gasteiger partial charge in [-0.15, -0.1) is 0 Å². The van der Waals surface area contributed by atoms with Crippen LogP contribution in [0.4, 0.5) is 0 Å². The fourth-order valence-electron chi connectivity index (χ4n) is 3.02. The molecule has 6 heteroatoms. The number of carbonyl (C=O) groups is 1. The molecular weight excluding hydrogens is 388 g/mol. The Labute approximate surface area is 154 Å². The number of fused-ring (bicyclic) bond motifs is 1. The molecule has 0 saturated heterocycles. The average Bonchev–Trinajstić information content (AvgIpc) is 2.56. The SMILES string of the molecule is CC1(NC(=S)NC=O)CC(c2ccccc2)Oc2ccc(Br)cc21. The van der Waals surface area contributed by atoms with E-state index in [2.05, 4.69) is 45.6 Å². The van der Waals surface area contributed by atoms with Crippen molar-refractivity contribution in [2.45, 2.75) is 25.0 Å². The lowest BCUT2D eigenvalue weighted by Gasteiger charge is -2.41. The van der Waals surface area contributed by atoms with Gasteiger partial charge >= 0.3 is 0 Å². The van der Waals surface area contributed by atoms with Crippen LogP contribution in [0.3, 0.4) is 0 Å². The molecule has 124 valence electrons. The molecule has 1 aliphatic rings. The van der Waals surface area contributed by atoms with Crippen molar-refractivity contribution in [3.63, 3.8) is 0 Å². The first-order chi connectivity index (χ1) is 11.5. The first kappa shape index (κ1) is 16.9. The van der Waals surface area contributed by atoms with Crippen LogP contribution in [0.2, 0.25) is 0 Å². The monoisotopic (exact) mass is 404 g/mol. The molecular formula is C18H17BrN2O2S. The van der Waals surface area contributed by atoms with Gasteiger partial charge in [0.25, 0.3) is 0 Å². The van der Waals surface area contributed by atoms with Crippen molar-refractivity contribution < 1.29 is 9.53 Å². The molecule has 0 saturated carbocycles. The predicted octanol–water partition coefficient (Wildman–Crippen LogP) is 3.81. The summed E-state index contributed by atoms with van der Waals surface area (Å²) in [6, 6.07) is 16.0. The van der Waals surface area contributed by atoms with Crippen molar-refractivity contribution in [3.8, 4) is 5.75 Å². The summed E-state index contributed by atoms with van der Waals surface area (Å²) in [5, 5.41) is 6.07. The molecule has 24 heavy (non-hydrogen) atoms. The summed E-state index contributed by atoms with van der Waals surface area (Å²) in [4.78, 5) is 10.7. The van der Waals surface area contributed by atoms with Gasteiger partial charge in [-0.3, -0.25) is 4.79 Å². The van der Waals surface area contributed by atoms with Crippen molar-refractivity contribution in [3.05, 3.63) is 64.1 Å². The van der Waals surface area contributed by atoms with Crippen LogP contribution in [0.25, 0.3) is 0 Å². The van der Waals surface area contributed by atoms with E-state index in [4.69, 9.17) is 17.0 Å². The molecule has 1 heterocycles. The van der Waals surface area contributed by atoms with Crippen molar-refractivity contribution in [1.82, 2.24) is 10.6 Å². The summed E-state index contributed by atoms with van der Waals surface area (Å²) in [5.74, 6) is 0.808. The summed E-state index contributed by atoms with van der Waals surface area (Å²) in [7, 11) is 0. The number of carbonyl (C=O) groups excluding carboxylic acids is 1. The molecule has 2 unspecified atom stereocenters. The molecule has 0 aliphatic carbocycles. The van der Waals surface area contributed by atoms with Gasteiger partial charge < -0.3 is 15.4 Å². The molecule has 1 amide bonds. The molecule has 2 aromatic rings. The summed E-state index contributed by atoms with van der Waals surface area (Å²) in [6.07, 6.45) is 1.16. The minimum atomic E-state index is -0.467. The van der Waals surface area contributed by atoms with Crippen LogP contribution < -0.4 is 15.4 Å². The molecule has 4 nitrogen and oxygen atoms in total. The molecule has 0 radical (unpaired) electrons. The summed E-state index contributed by atoms with van der Waals surface area (Å²) < 4.78 is 7.18. The second-order valence-corrected chi connectivity index (χ2v) is 7.23. The van der Waals surface area contributed by atoms with Gasteiger partial charge in [0.05, 0.1) is 5.54 Å². The lowest BCUT2D eigenvalue weighted by atomic mass is 9.82. The number of ether oxygens (including phenoxy) is 1. The maximum atomic E-state index is 10.7. The topological polar surface area (TPSA) is 50.4 Å². The first-order valence-electron chi connectivity index (χ1n) is 7.56. The van der Waals surface area contributed by atoms with Gasteiger partial charge in [-0.1, -0.05) is 46.3 Å². The van der Waals surface area contributed by atoms with E-state index < -0.39 is 5.54 Å². The Morgan fingerprint density at radius 2 is 2.08 bits per heavy atom. The number of thiocarbonyl (C=S) groups is 1. The van der Waals surface area contributed by atoms with E-state index in [1.807, 2.05) is 36.4 Å². The minimum absolute atomic E-state index is 0.101. The van der Waals surface area contributed by atoms with Crippen LogP contribution in [0.5, 0.6) is 5.75 Å². The van der Waals surface area contributed by atoms with E-state index in [0.717, 1.165) is 21.3 Å². The fraction of sp³-hybridized carbons (Fsp3) is 0.222. The predicted molar refractivity (Wildman–Crippen MR) is 101 cm³/mol. The van der Waals surface area contributed by atoms with E-state index >= 15 is 0 Å². The van der Waals surface area contributed by atoms with Crippen molar-refractivity contribution >= 4 is 39.7 Å². The quantitative estimate of drug-likeness (QED) is 0.603. The zero-order chi connectivity index (χ0) is 17.2. The largest absolute Gasteiger partial charge is 0.485 e. The van der Waals surface area contributed by atoms with Gasteiger partial charge in [0.1, 0.15) is 11.9 Å². The molecule has 2 atom stereocenters. The first-order valence-corrected chi connectivity index (χ1v) is 8.76. The number of hydrogen-bond donors (Lipinski definition) is 2. The Bertz CT molecular complexity index is 769. The Morgan fingerprint density at radius 3 is 2.79 bits per heavy atom. The van der Waals surface area contributed by atoms with E-state index in [0.29, 0.717) is 17.9 Å². The molecule has 3 rings (SSSR count). The van der Waals surface area contributed by atoms with Gasteiger partial charge in [0, 0.05) is 16.5 Å². The third-order valence-electron chi connectivity index (χ3n) is 4.15. The smallest absolute Gasteiger partial charge is 0.213 e. The summed E-state index contributed by atoms with van der Waals surface area (Å²) in [5.41, 5.74) is 1.64. The summed E-state index contributed by atoms with van der Waals surface area (Å²) in [6.45, 7) is 2.06. The molecule has 0 fully saturated rings. The van der Waals surface area contributed by atoms with Crippen LogP contribution >= 0.6 is 28.1 Å². The fourth-order valence-corrected chi connectivity index (χ4v) is 3.66. The third-order valence-corrected chi connectivity index (χ3v) is 4.86. The third kappa shape index (κ3) is 3.44. The number of benzene rings is 2. The molecule has 2 N–H and O–H groups in total. The van der Waals surface area contributed by atoms with Crippen LogP contribution in [-0.4, -0.2) is 11.5 Å². The van der Waals surface area contributed by atoms with Crippen LogP contribution in [-0.2, 0) is 10.3 Å². The maximum absolute atomic E-state index is 10.7. The summed E-state index contributed by atoms with van der Waals surface area (Å²) >= 11 is 8.73. The van der Waals surface area contributed by atoms with E-state index in [1.54, 1.807) is 0 Å². The van der Waals surface area contributed by atoms with Gasteiger partial charge in [0.15, 0.2) is 5.11 Å². The average molecular weight is 405 g/mol. The van der Waals surface area contributed by atoms with Gasteiger partial charge in [-0.2, -0.15) is 0 Å². The van der Waals surface area contributed by atoms with Crippen LogP contribution in [0.15, 0.2) is 53.0 Å². The van der Waals surface area contributed by atoms with E-state index in [-0.39, 0.29) is 6.10 Å². The van der Waals surface area contributed by atoms with E-state index in [1.165, 1.54) is 0 Å². The highest BCUT2D eigenvalue weighted by molar-refractivity contribution is 9.10. The highest BCUT2D eigenvalue weighted by Crippen LogP contribution is 2.45. The van der Waals surface area contributed by atoms with Gasteiger partial charge in [-0.25, -0.2) is 0 Å². The Hall–Kier alpha value is -1.92. The van der Waals surface area contributed by atoms with E-state index in [9.17, 15) is 4.79 Å². The van der Waals surface area contributed by atoms with Gasteiger partial charge in [0.2, 0.25) is 6.41 Å². The zero-order valence-corrected chi connectivity index (χ0v) is 15.5. The van der Waals surface area contributed by atoms with Gasteiger partial charge in [-0.05, 0) is 42.9 Å². The van der Waals surface area contributed by atoms with Crippen molar-refractivity contribution in [2.75, 3.05) is 0 Å². The lowest BCUT2D eigenvalue weighted by molar-refractivity contribution is -0.108. The minimum Gasteiger partial charge on any atom is -0.485 e. The number of amides is 1. The number of hydrogen-bond acceptors (Lipinski definition) is 3. The molecule has 1 aliphatic heterocycles. The maximum Gasteiger partial charge on any atom is 0.213 e. The zero-order valence-electron chi connectivity index (χ0n) is 13.1. The van der Waals surface area contributed by atoms with Crippen molar-refractivity contribution in [1.29, 1.82) is 0 Å². The van der Waals surface area contributed by atoms with Crippen LogP contribution in [0, 0.1) is 0 Å². The molecule has 0 spiro atoms. The molecule has 0 aromatic heterocycles. The second kappa shape index (κ2) is 6.91. The van der Waals surface area contributed by atoms with Crippen LogP contribution in [0.1, 0.15) is 30.6 Å². The number of nitrogens with one attached hydrogen (secondary N) is 2. The lowest BCUT2D eigenvalue weighted by Crippen LogP contribution is -2.50. The van der Waals surface area contributed by atoms with Crippen molar-refractivity contribution in [2.24, 2.45) is 0 Å². The normalized spacial score (nSPS) is 22.0.